The number of hydrogen-bond acceptors (Lipinski definition) is 3. The molecule has 2 N–H and O–H groups in total. The summed E-state index contributed by atoms with van der Waals surface area (Å²) in [4.78, 5) is 25.0. The fourth-order valence-corrected chi connectivity index (χ4v) is 4.17. The van der Waals surface area contributed by atoms with Gasteiger partial charge in [0.2, 0.25) is 0 Å². The van der Waals surface area contributed by atoms with Crippen molar-refractivity contribution in [1.29, 1.82) is 0 Å². The Labute approximate surface area is 143 Å². The van der Waals surface area contributed by atoms with E-state index in [-0.39, 0.29) is 12.3 Å². The number of fused-ring (bicyclic) bond motifs is 1. The lowest BCUT2D eigenvalue weighted by molar-refractivity contribution is -0.137. The zero-order valence-corrected chi connectivity index (χ0v) is 13.9. The molecule has 0 bridgehead atoms. The summed E-state index contributed by atoms with van der Waals surface area (Å²) in [6.45, 7) is 0. The number of carboxylic acid groups (broad SMARTS) is 1. The number of carbonyl (C=O) groups is 2. The van der Waals surface area contributed by atoms with E-state index in [0.29, 0.717) is 11.1 Å². The normalized spacial score (nSPS) is 14.7. The highest BCUT2D eigenvalue weighted by Gasteiger charge is 2.24. The lowest BCUT2D eigenvalue weighted by atomic mass is 9.95. The second kappa shape index (κ2) is 7.13. The van der Waals surface area contributed by atoms with E-state index >= 15 is 0 Å². The van der Waals surface area contributed by atoms with Gasteiger partial charge in [0.25, 0.3) is 5.91 Å². The second-order valence-corrected chi connectivity index (χ2v) is 6.90. The molecule has 2 aromatic rings. The summed E-state index contributed by atoms with van der Waals surface area (Å²) >= 11 is 1.59. The fourth-order valence-electron chi connectivity index (χ4n) is 3.04. The molecule has 0 aliphatic heterocycles. The maximum atomic E-state index is 13.1. The third-order valence-corrected chi connectivity index (χ3v) is 5.35. The molecule has 4 nitrogen and oxygen atoms in total. The predicted molar refractivity (Wildman–Crippen MR) is 89.8 cm³/mol. The van der Waals surface area contributed by atoms with Gasteiger partial charge in [-0.1, -0.05) is 12.1 Å². The van der Waals surface area contributed by atoms with E-state index in [4.69, 9.17) is 5.11 Å². The smallest absolute Gasteiger partial charge is 0.305 e. The van der Waals surface area contributed by atoms with E-state index in [9.17, 15) is 14.0 Å². The van der Waals surface area contributed by atoms with Gasteiger partial charge in [0, 0.05) is 10.3 Å². The minimum absolute atomic E-state index is 0.246. The number of aryl methyl sites for hydroxylation is 1. The van der Waals surface area contributed by atoms with Crippen LogP contribution in [-0.4, -0.2) is 17.0 Å². The van der Waals surface area contributed by atoms with Gasteiger partial charge in [0.1, 0.15) is 5.82 Å². The lowest BCUT2D eigenvalue weighted by Crippen LogP contribution is -2.30. The summed E-state index contributed by atoms with van der Waals surface area (Å²) in [7, 11) is 0. The summed E-state index contributed by atoms with van der Waals surface area (Å²) in [5.41, 5.74) is 2.32. The molecule has 0 spiro atoms. The molecule has 1 amide bonds. The van der Waals surface area contributed by atoms with Crippen LogP contribution >= 0.6 is 11.3 Å². The summed E-state index contributed by atoms with van der Waals surface area (Å²) in [6.07, 6.45) is 3.86. The molecular formula is C18H18FNO3S. The molecule has 3 rings (SSSR count). The number of aliphatic carboxylic acids is 1. The maximum Gasteiger partial charge on any atom is 0.305 e. The van der Waals surface area contributed by atoms with Crippen LogP contribution in [0.25, 0.3) is 0 Å². The molecule has 1 aromatic heterocycles. The van der Waals surface area contributed by atoms with Crippen LogP contribution < -0.4 is 5.32 Å². The minimum Gasteiger partial charge on any atom is -0.481 e. The van der Waals surface area contributed by atoms with Gasteiger partial charge >= 0.3 is 5.97 Å². The highest BCUT2D eigenvalue weighted by atomic mass is 32.1. The van der Waals surface area contributed by atoms with Crippen LogP contribution in [0, 0.1) is 5.82 Å². The van der Waals surface area contributed by atoms with Gasteiger partial charge in [-0.15, -0.1) is 11.3 Å². The summed E-state index contributed by atoms with van der Waals surface area (Å²) in [6, 6.07) is 4.86. The molecule has 0 radical (unpaired) electrons. The van der Waals surface area contributed by atoms with Crippen molar-refractivity contribution in [3.8, 4) is 0 Å². The maximum absolute atomic E-state index is 13.1. The third-order valence-electron chi connectivity index (χ3n) is 4.26. The number of nitrogens with one attached hydrogen (secondary N) is 1. The van der Waals surface area contributed by atoms with Crippen molar-refractivity contribution < 1.29 is 19.1 Å². The third kappa shape index (κ3) is 3.64. The average Bonchev–Trinajstić information content (AvgIpc) is 2.98. The van der Waals surface area contributed by atoms with Gasteiger partial charge in [0.05, 0.1) is 18.0 Å². The number of rotatable bonds is 5. The standard InChI is InChI=1S/C18H18FNO3S/c19-12-7-5-11(6-8-12)15(9-17(21)22)20-18(23)14-10-24-16-4-2-1-3-13(14)16/h5-8,10,15H,1-4,9H2,(H,20,23)(H,21,22). The van der Waals surface area contributed by atoms with E-state index in [1.807, 2.05) is 5.38 Å². The predicted octanol–water partition coefficient (Wildman–Crippen LogP) is 3.71. The molecule has 1 heterocycles. The van der Waals surface area contributed by atoms with E-state index in [1.54, 1.807) is 11.3 Å². The van der Waals surface area contributed by atoms with Gasteiger partial charge in [-0.3, -0.25) is 9.59 Å². The van der Waals surface area contributed by atoms with Gasteiger partial charge in [0.15, 0.2) is 0 Å². The van der Waals surface area contributed by atoms with Crippen LogP contribution in [0.4, 0.5) is 4.39 Å². The van der Waals surface area contributed by atoms with Crippen LogP contribution in [0.1, 0.15) is 51.7 Å². The average molecular weight is 347 g/mol. The first-order chi connectivity index (χ1) is 11.5. The number of benzene rings is 1. The van der Waals surface area contributed by atoms with Crippen molar-refractivity contribution >= 4 is 23.2 Å². The Morgan fingerprint density at radius 1 is 1.21 bits per heavy atom. The molecule has 0 saturated carbocycles. The molecule has 6 heteroatoms. The number of amides is 1. The number of thiophene rings is 1. The molecule has 1 atom stereocenters. The van der Waals surface area contributed by atoms with Crippen molar-refractivity contribution in [2.75, 3.05) is 0 Å². The van der Waals surface area contributed by atoms with E-state index < -0.39 is 17.8 Å². The van der Waals surface area contributed by atoms with Crippen LogP contribution in [0.15, 0.2) is 29.6 Å². The summed E-state index contributed by atoms with van der Waals surface area (Å²) in [5, 5.41) is 13.8. The Kier molecular flexibility index (Phi) is 4.94. The molecule has 126 valence electrons. The monoisotopic (exact) mass is 347 g/mol. The van der Waals surface area contributed by atoms with E-state index in [2.05, 4.69) is 5.32 Å². The van der Waals surface area contributed by atoms with Gasteiger partial charge < -0.3 is 10.4 Å². The summed E-state index contributed by atoms with van der Waals surface area (Å²) < 4.78 is 13.1. The molecule has 1 aliphatic rings. The Hall–Kier alpha value is -2.21. The second-order valence-electron chi connectivity index (χ2n) is 5.93. The highest BCUT2D eigenvalue weighted by molar-refractivity contribution is 7.10. The van der Waals surface area contributed by atoms with Crippen molar-refractivity contribution in [3.63, 3.8) is 0 Å². The van der Waals surface area contributed by atoms with Crippen molar-refractivity contribution in [2.24, 2.45) is 0 Å². The van der Waals surface area contributed by atoms with Crippen molar-refractivity contribution in [1.82, 2.24) is 5.32 Å². The molecule has 0 saturated heterocycles. The van der Waals surface area contributed by atoms with E-state index in [0.717, 1.165) is 31.2 Å². The van der Waals surface area contributed by atoms with Gasteiger partial charge in [-0.25, -0.2) is 4.39 Å². The van der Waals surface area contributed by atoms with E-state index in [1.165, 1.54) is 29.1 Å². The van der Waals surface area contributed by atoms with Crippen LogP contribution in [0.3, 0.4) is 0 Å². The SMILES string of the molecule is O=C(O)CC(NC(=O)c1csc2c1CCCC2)c1ccc(F)cc1. The minimum atomic E-state index is -1.02. The first-order valence-electron chi connectivity index (χ1n) is 7.92. The van der Waals surface area contributed by atoms with Gasteiger partial charge in [-0.2, -0.15) is 0 Å². The molecule has 1 aromatic carbocycles. The Morgan fingerprint density at radius 2 is 1.92 bits per heavy atom. The Morgan fingerprint density at radius 3 is 2.62 bits per heavy atom. The molecular weight excluding hydrogens is 329 g/mol. The largest absolute Gasteiger partial charge is 0.481 e. The van der Waals surface area contributed by atoms with Gasteiger partial charge in [-0.05, 0) is 48.9 Å². The van der Waals surface area contributed by atoms with Crippen LogP contribution in [-0.2, 0) is 17.6 Å². The van der Waals surface area contributed by atoms with Crippen molar-refractivity contribution in [2.45, 2.75) is 38.1 Å². The molecule has 1 unspecified atom stereocenters. The molecule has 0 fully saturated rings. The van der Waals surface area contributed by atoms with Crippen LogP contribution in [0.2, 0.25) is 0 Å². The lowest BCUT2D eigenvalue weighted by Gasteiger charge is -2.18. The number of carbonyl (C=O) groups excluding carboxylic acids is 1. The molecule has 1 aliphatic carbocycles. The highest BCUT2D eigenvalue weighted by Crippen LogP contribution is 2.30. The first-order valence-corrected chi connectivity index (χ1v) is 8.80. The zero-order valence-electron chi connectivity index (χ0n) is 13.0. The summed E-state index contributed by atoms with van der Waals surface area (Å²) in [5.74, 6) is -1.67. The first kappa shape index (κ1) is 16.6. The Bertz CT molecular complexity index is 754. The quantitative estimate of drug-likeness (QED) is 0.866. The zero-order chi connectivity index (χ0) is 17.1. The number of halogens is 1. The van der Waals surface area contributed by atoms with Crippen molar-refractivity contribution in [3.05, 3.63) is 57.0 Å². The number of hydrogen-bond donors (Lipinski definition) is 2. The topological polar surface area (TPSA) is 66.4 Å². The number of carboxylic acids is 1. The van der Waals surface area contributed by atoms with Crippen LogP contribution in [0.5, 0.6) is 0 Å². The fraction of sp³-hybridized carbons (Fsp3) is 0.333. The molecule has 24 heavy (non-hydrogen) atoms. The Balaban J connectivity index is 1.81.